The Kier molecular flexibility index (Phi) is 5.12. The molecular weight excluding hydrogens is 466 g/mol. The van der Waals surface area contributed by atoms with Crippen molar-refractivity contribution in [2.75, 3.05) is 7.11 Å². The lowest BCUT2D eigenvalue weighted by atomic mass is 10.0. The van der Waals surface area contributed by atoms with Gasteiger partial charge in [-0.1, -0.05) is 42.5 Å². The third-order valence-corrected chi connectivity index (χ3v) is 7.28. The number of hydrogen-bond donors (Lipinski definition) is 0. The SMILES string of the molecule is COc1ccc([C@H]2Oc3ccc(C)cc3-n3c(-c4ccccc4C)c4c(=O)n(C)c(=O)n(C)c4c32)cc1. The maximum Gasteiger partial charge on any atom is 0.331 e. The Bertz CT molecular complexity index is 1820. The Morgan fingerprint density at radius 3 is 2.32 bits per heavy atom. The van der Waals surface area contributed by atoms with Crippen LogP contribution < -0.4 is 20.7 Å². The van der Waals surface area contributed by atoms with E-state index in [9.17, 15) is 9.59 Å². The average molecular weight is 494 g/mol. The first kappa shape index (κ1) is 22.9. The molecule has 0 fully saturated rings. The third kappa shape index (κ3) is 3.27. The summed E-state index contributed by atoms with van der Waals surface area (Å²) < 4.78 is 16.9. The van der Waals surface area contributed by atoms with Crippen molar-refractivity contribution >= 4 is 10.9 Å². The molecule has 5 aromatic rings. The minimum Gasteiger partial charge on any atom is -0.497 e. The van der Waals surface area contributed by atoms with Gasteiger partial charge in [0.1, 0.15) is 11.5 Å². The first-order valence-electron chi connectivity index (χ1n) is 12.1. The molecule has 0 amide bonds. The van der Waals surface area contributed by atoms with Gasteiger partial charge in [-0.3, -0.25) is 13.9 Å². The second-order valence-corrected chi connectivity index (χ2v) is 9.56. The first-order chi connectivity index (χ1) is 17.8. The van der Waals surface area contributed by atoms with Crippen molar-refractivity contribution in [1.82, 2.24) is 13.7 Å². The van der Waals surface area contributed by atoms with Crippen LogP contribution in [0, 0.1) is 13.8 Å². The van der Waals surface area contributed by atoms with Gasteiger partial charge in [0.25, 0.3) is 5.56 Å². The average Bonchev–Trinajstić information content (AvgIpc) is 3.27. The van der Waals surface area contributed by atoms with Gasteiger partial charge in [0, 0.05) is 19.7 Å². The van der Waals surface area contributed by atoms with Gasteiger partial charge in [-0.25, -0.2) is 4.79 Å². The molecule has 7 heteroatoms. The molecule has 7 nitrogen and oxygen atoms in total. The summed E-state index contributed by atoms with van der Waals surface area (Å²) in [5.74, 6) is 1.44. The topological polar surface area (TPSA) is 67.4 Å². The van der Waals surface area contributed by atoms with E-state index in [1.165, 1.54) is 11.6 Å². The van der Waals surface area contributed by atoms with Crippen molar-refractivity contribution in [2.24, 2.45) is 14.1 Å². The molecule has 0 saturated heterocycles. The Morgan fingerprint density at radius 1 is 0.892 bits per heavy atom. The second kappa shape index (κ2) is 8.27. The molecule has 6 rings (SSSR count). The predicted molar refractivity (Wildman–Crippen MR) is 144 cm³/mol. The first-order valence-corrected chi connectivity index (χ1v) is 12.1. The van der Waals surface area contributed by atoms with Crippen LogP contribution in [0.2, 0.25) is 0 Å². The number of ether oxygens (including phenoxy) is 2. The van der Waals surface area contributed by atoms with Crippen molar-refractivity contribution < 1.29 is 9.47 Å². The Balaban J connectivity index is 1.85. The molecule has 0 radical (unpaired) electrons. The molecule has 0 aliphatic carbocycles. The van der Waals surface area contributed by atoms with E-state index in [2.05, 4.69) is 10.6 Å². The zero-order valence-electron chi connectivity index (χ0n) is 21.4. The third-order valence-electron chi connectivity index (χ3n) is 7.28. The highest BCUT2D eigenvalue weighted by atomic mass is 16.5. The van der Waals surface area contributed by atoms with Crippen LogP contribution in [-0.2, 0) is 14.1 Å². The summed E-state index contributed by atoms with van der Waals surface area (Å²) in [6.07, 6.45) is -0.556. The molecular formula is C30H27N3O4. The van der Waals surface area contributed by atoms with E-state index in [0.717, 1.165) is 45.1 Å². The normalized spacial score (nSPS) is 14.2. The lowest BCUT2D eigenvalue weighted by Gasteiger charge is -2.30. The van der Waals surface area contributed by atoms with E-state index in [1.54, 1.807) is 18.7 Å². The lowest BCUT2D eigenvalue weighted by molar-refractivity contribution is 0.229. The van der Waals surface area contributed by atoms with Gasteiger partial charge in [-0.15, -0.1) is 0 Å². The number of aromatic nitrogens is 3. The number of rotatable bonds is 3. The fourth-order valence-electron chi connectivity index (χ4n) is 5.37. The molecule has 186 valence electrons. The minimum absolute atomic E-state index is 0.332. The molecule has 2 aromatic heterocycles. The van der Waals surface area contributed by atoms with Gasteiger partial charge in [0.15, 0.2) is 6.10 Å². The fourth-order valence-corrected chi connectivity index (χ4v) is 5.37. The maximum absolute atomic E-state index is 13.8. The Labute approximate surface area is 213 Å². The van der Waals surface area contributed by atoms with Crippen LogP contribution in [0.15, 0.2) is 76.3 Å². The van der Waals surface area contributed by atoms with Gasteiger partial charge in [0.05, 0.1) is 35.1 Å². The summed E-state index contributed by atoms with van der Waals surface area (Å²) in [4.78, 5) is 27.0. The number of hydrogen-bond acceptors (Lipinski definition) is 4. The number of methoxy groups -OCH3 is 1. The monoisotopic (exact) mass is 493 g/mol. The standard InChI is InChI=1S/C30H27N3O4/c1-17-10-15-23-22(16-17)33-25(21-9-7-6-8-18(21)2)24-26(31(3)30(35)32(4)29(24)34)27(33)28(37-23)19-11-13-20(36-5)14-12-19/h6-16,28H,1-5H3/t28-/m1/s1. The van der Waals surface area contributed by atoms with Crippen molar-refractivity contribution in [1.29, 1.82) is 0 Å². The van der Waals surface area contributed by atoms with Gasteiger partial charge in [-0.2, -0.15) is 0 Å². The second-order valence-electron chi connectivity index (χ2n) is 9.56. The largest absolute Gasteiger partial charge is 0.497 e. The summed E-state index contributed by atoms with van der Waals surface area (Å²) in [6, 6.07) is 21.7. The van der Waals surface area contributed by atoms with Crippen LogP contribution in [0.4, 0.5) is 0 Å². The van der Waals surface area contributed by atoms with Crippen molar-refractivity contribution in [3.8, 4) is 28.4 Å². The van der Waals surface area contributed by atoms with Crippen molar-refractivity contribution in [2.45, 2.75) is 20.0 Å². The summed E-state index contributed by atoms with van der Waals surface area (Å²) >= 11 is 0. The lowest BCUT2D eigenvalue weighted by Crippen LogP contribution is -2.37. The smallest absolute Gasteiger partial charge is 0.331 e. The molecule has 0 unspecified atom stereocenters. The number of nitrogens with zero attached hydrogens (tertiary/aromatic N) is 3. The molecule has 0 N–H and O–H groups in total. The molecule has 3 aromatic carbocycles. The van der Waals surface area contributed by atoms with Crippen LogP contribution in [0.5, 0.6) is 11.5 Å². The number of fused-ring (bicyclic) bond motifs is 5. The maximum atomic E-state index is 13.8. The highest BCUT2D eigenvalue weighted by Gasteiger charge is 2.36. The minimum atomic E-state index is -0.556. The summed E-state index contributed by atoms with van der Waals surface area (Å²) in [7, 11) is 4.87. The zero-order valence-corrected chi connectivity index (χ0v) is 21.4. The molecule has 1 aliphatic heterocycles. The van der Waals surface area contributed by atoms with Gasteiger partial charge in [0.2, 0.25) is 0 Å². The summed E-state index contributed by atoms with van der Waals surface area (Å²) in [5, 5.41) is 0.491. The van der Waals surface area contributed by atoms with Crippen molar-refractivity contribution in [3.63, 3.8) is 0 Å². The van der Waals surface area contributed by atoms with Crippen LogP contribution in [0.25, 0.3) is 27.8 Å². The van der Waals surface area contributed by atoms with Crippen LogP contribution >= 0.6 is 0 Å². The summed E-state index contributed by atoms with van der Waals surface area (Å²) in [6.45, 7) is 4.06. The molecule has 3 heterocycles. The zero-order chi connectivity index (χ0) is 26.0. The fraction of sp³-hybridized carbons (Fsp3) is 0.200. The molecule has 0 bridgehead atoms. The predicted octanol–water partition coefficient (Wildman–Crippen LogP) is 4.80. The van der Waals surface area contributed by atoms with Crippen LogP contribution in [-0.4, -0.2) is 20.8 Å². The molecule has 37 heavy (non-hydrogen) atoms. The van der Waals surface area contributed by atoms with Crippen LogP contribution in [0.3, 0.4) is 0 Å². The van der Waals surface area contributed by atoms with E-state index in [1.807, 2.05) is 74.5 Å². The van der Waals surface area contributed by atoms with Crippen LogP contribution in [0.1, 0.15) is 28.5 Å². The molecule has 1 aliphatic rings. The Hall–Kier alpha value is -4.52. The van der Waals surface area contributed by atoms with E-state index < -0.39 is 6.10 Å². The van der Waals surface area contributed by atoms with E-state index >= 15 is 0 Å². The number of benzene rings is 3. The van der Waals surface area contributed by atoms with E-state index in [-0.39, 0.29) is 11.2 Å². The molecule has 0 saturated carbocycles. The number of aryl methyl sites for hydroxylation is 3. The molecule has 0 spiro atoms. The highest BCUT2D eigenvalue weighted by molar-refractivity contribution is 5.99. The van der Waals surface area contributed by atoms with Crippen molar-refractivity contribution in [3.05, 3.63) is 110 Å². The van der Waals surface area contributed by atoms with Gasteiger partial charge < -0.3 is 14.0 Å². The van der Waals surface area contributed by atoms with Gasteiger partial charge in [-0.05, 0) is 54.8 Å². The molecule has 1 atom stereocenters. The van der Waals surface area contributed by atoms with E-state index in [4.69, 9.17) is 9.47 Å². The van der Waals surface area contributed by atoms with Gasteiger partial charge >= 0.3 is 5.69 Å². The van der Waals surface area contributed by atoms with E-state index in [0.29, 0.717) is 16.7 Å². The quantitative estimate of drug-likeness (QED) is 0.362. The summed E-state index contributed by atoms with van der Waals surface area (Å²) in [5.41, 5.74) is 6.10. The Morgan fingerprint density at radius 2 is 1.62 bits per heavy atom. The highest BCUT2D eigenvalue weighted by Crippen LogP contribution is 2.47.